The predicted octanol–water partition coefficient (Wildman–Crippen LogP) is 0.122. The molecule has 0 aromatic carbocycles. The van der Waals surface area contributed by atoms with Gasteiger partial charge in [0.15, 0.2) is 0 Å². The first kappa shape index (κ1) is 9.43. The zero-order chi connectivity index (χ0) is 7.82. The summed E-state index contributed by atoms with van der Waals surface area (Å²) in [5, 5.41) is 5.72. The average Bonchev–Trinajstić information content (AvgIpc) is 1.89. The highest BCUT2D eigenvalue weighted by Gasteiger charge is 1.96. The van der Waals surface area contributed by atoms with Gasteiger partial charge in [-0.1, -0.05) is 0 Å². The van der Waals surface area contributed by atoms with Gasteiger partial charge in [0.2, 0.25) is 5.91 Å². The van der Waals surface area contributed by atoms with Crippen LogP contribution < -0.4 is 10.6 Å². The number of carbonyl (C=O) groups is 1. The van der Waals surface area contributed by atoms with Crippen molar-refractivity contribution in [3.05, 3.63) is 0 Å². The van der Waals surface area contributed by atoms with E-state index in [2.05, 4.69) is 10.6 Å². The highest BCUT2D eigenvalue weighted by Crippen LogP contribution is 1.85. The molecule has 0 heterocycles. The van der Waals surface area contributed by atoms with Gasteiger partial charge in [0, 0.05) is 13.0 Å². The van der Waals surface area contributed by atoms with Crippen LogP contribution in [0.3, 0.4) is 0 Å². The van der Waals surface area contributed by atoms with Gasteiger partial charge in [0.1, 0.15) is 0 Å². The molecule has 0 aliphatic carbocycles. The Morgan fingerprint density at radius 1 is 1.50 bits per heavy atom. The van der Waals surface area contributed by atoms with Gasteiger partial charge in [-0.3, -0.25) is 4.79 Å². The Balaban J connectivity index is 3.05. The molecule has 0 fully saturated rings. The predicted molar refractivity (Wildman–Crippen MR) is 41.8 cm³/mol. The van der Waals surface area contributed by atoms with Crippen LogP contribution in [0.5, 0.6) is 0 Å². The molecule has 0 aliphatic rings. The van der Waals surface area contributed by atoms with Crippen LogP contribution in [0.25, 0.3) is 0 Å². The van der Waals surface area contributed by atoms with Crippen LogP contribution >= 0.6 is 0 Å². The highest BCUT2D eigenvalue weighted by molar-refractivity contribution is 5.75. The maximum absolute atomic E-state index is 10.8. The van der Waals surface area contributed by atoms with Crippen LogP contribution in [0.15, 0.2) is 0 Å². The summed E-state index contributed by atoms with van der Waals surface area (Å²) < 4.78 is 0. The third kappa shape index (κ3) is 5.56. The lowest BCUT2D eigenvalue weighted by Crippen LogP contribution is -2.23. The summed E-state index contributed by atoms with van der Waals surface area (Å²) in [7, 11) is 1.89. The zero-order valence-electron chi connectivity index (χ0n) is 6.74. The fourth-order valence-electron chi connectivity index (χ4n) is 0.711. The molecule has 0 bridgehead atoms. The monoisotopic (exact) mass is 144 g/mol. The summed E-state index contributed by atoms with van der Waals surface area (Å²) >= 11 is 0. The molecule has 0 radical (unpaired) electrons. The van der Waals surface area contributed by atoms with Crippen molar-refractivity contribution in [2.45, 2.75) is 19.8 Å². The van der Waals surface area contributed by atoms with Gasteiger partial charge < -0.3 is 10.6 Å². The summed E-state index contributed by atoms with van der Waals surface area (Å²) in [6, 6.07) is 0. The van der Waals surface area contributed by atoms with Gasteiger partial charge in [-0.05, 0) is 26.9 Å². The maximum Gasteiger partial charge on any atom is 0.220 e. The second kappa shape index (κ2) is 6.55. The Kier molecular flexibility index (Phi) is 6.18. The van der Waals surface area contributed by atoms with Gasteiger partial charge in [0.25, 0.3) is 0 Å². The van der Waals surface area contributed by atoms with Crippen molar-refractivity contribution in [1.29, 1.82) is 0 Å². The molecule has 0 aromatic rings. The Morgan fingerprint density at radius 2 is 2.20 bits per heavy atom. The molecule has 0 saturated carbocycles. The normalized spacial score (nSPS) is 9.40. The molecule has 60 valence electrons. The summed E-state index contributed by atoms with van der Waals surface area (Å²) in [6.45, 7) is 3.57. The van der Waals surface area contributed by atoms with E-state index >= 15 is 0 Å². The van der Waals surface area contributed by atoms with Crippen LogP contribution in [0.1, 0.15) is 19.8 Å². The van der Waals surface area contributed by atoms with E-state index in [0.29, 0.717) is 6.42 Å². The Bertz CT molecular complexity index is 93.6. The fraction of sp³-hybridized carbons (Fsp3) is 0.857. The number of nitrogens with one attached hydrogen (secondary N) is 2. The number of rotatable bonds is 5. The molecular formula is C7H16N2O. The van der Waals surface area contributed by atoms with Crippen LogP contribution in [-0.4, -0.2) is 26.0 Å². The lowest BCUT2D eigenvalue weighted by atomic mass is 10.3. The maximum atomic E-state index is 10.8. The summed E-state index contributed by atoms with van der Waals surface area (Å²) in [4.78, 5) is 10.8. The lowest BCUT2D eigenvalue weighted by Gasteiger charge is -2.00. The molecule has 0 rings (SSSR count). The second-order valence-electron chi connectivity index (χ2n) is 2.16. The third-order valence-corrected chi connectivity index (χ3v) is 1.20. The van der Waals surface area contributed by atoms with Crippen LogP contribution in [-0.2, 0) is 4.79 Å². The Hall–Kier alpha value is -0.570. The van der Waals surface area contributed by atoms with Crippen LogP contribution in [0, 0.1) is 0 Å². The highest BCUT2D eigenvalue weighted by atomic mass is 16.1. The summed E-state index contributed by atoms with van der Waals surface area (Å²) in [5.74, 6) is 0.151. The summed E-state index contributed by atoms with van der Waals surface area (Å²) in [6.07, 6.45) is 1.55. The van der Waals surface area contributed by atoms with Gasteiger partial charge in [-0.25, -0.2) is 0 Å². The number of carbonyl (C=O) groups excluding carboxylic acids is 1. The van der Waals surface area contributed by atoms with E-state index < -0.39 is 0 Å². The first-order valence-electron chi connectivity index (χ1n) is 3.72. The second-order valence-corrected chi connectivity index (χ2v) is 2.16. The molecule has 3 nitrogen and oxygen atoms in total. The molecule has 0 aliphatic heterocycles. The van der Waals surface area contributed by atoms with Crippen molar-refractivity contribution in [1.82, 2.24) is 10.6 Å². The minimum atomic E-state index is 0.151. The molecular weight excluding hydrogens is 128 g/mol. The molecule has 10 heavy (non-hydrogen) atoms. The molecule has 0 atom stereocenters. The number of hydrogen-bond donors (Lipinski definition) is 2. The zero-order valence-corrected chi connectivity index (χ0v) is 6.74. The van der Waals surface area contributed by atoms with Crippen molar-refractivity contribution >= 4 is 5.91 Å². The molecule has 1 amide bonds. The van der Waals surface area contributed by atoms with Crippen molar-refractivity contribution in [2.24, 2.45) is 0 Å². The quantitative estimate of drug-likeness (QED) is 0.538. The van der Waals surface area contributed by atoms with Crippen molar-refractivity contribution in [3.8, 4) is 0 Å². The Labute approximate surface area is 62.2 Å². The largest absolute Gasteiger partial charge is 0.356 e. The topological polar surface area (TPSA) is 41.1 Å². The molecule has 0 aromatic heterocycles. The van der Waals surface area contributed by atoms with E-state index in [1.807, 2.05) is 14.0 Å². The molecule has 0 unspecified atom stereocenters. The van der Waals surface area contributed by atoms with E-state index in [0.717, 1.165) is 19.5 Å². The van der Waals surface area contributed by atoms with Gasteiger partial charge in [-0.15, -0.1) is 0 Å². The Morgan fingerprint density at radius 3 is 2.70 bits per heavy atom. The van der Waals surface area contributed by atoms with Crippen molar-refractivity contribution in [3.63, 3.8) is 0 Å². The van der Waals surface area contributed by atoms with Gasteiger partial charge in [-0.2, -0.15) is 0 Å². The lowest BCUT2D eigenvalue weighted by molar-refractivity contribution is -0.121. The van der Waals surface area contributed by atoms with Crippen molar-refractivity contribution in [2.75, 3.05) is 20.1 Å². The number of amides is 1. The van der Waals surface area contributed by atoms with Gasteiger partial charge in [0.05, 0.1) is 0 Å². The fourth-order valence-corrected chi connectivity index (χ4v) is 0.711. The smallest absolute Gasteiger partial charge is 0.220 e. The van der Waals surface area contributed by atoms with Crippen LogP contribution in [0.4, 0.5) is 0 Å². The third-order valence-electron chi connectivity index (χ3n) is 1.20. The van der Waals surface area contributed by atoms with E-state index in [9.17, 15) is 4.79 Å². The first-order chi connectivity index (χ1) is 4.81. The number of hydrogen-bond acceptors (Lipinski definition) is 2. The van der Waals surface area contributed by atoms with Gasteiger partial charge >= 0.3 is 0 Å². The minimum Gasteiger partial charge on any atom is -0.356 e. The SMILES string of the molecule is CCNC(=O)CCCNC. The van der Waals surface area contributed by atoms with E-state index in [1.54, 1.807) is 0 Å². The van der Waals surface area contributed by atoms with E-state index in [-0.39, 0.29) is 5.91 Å². The van der Waals surface area contributed by atoms with Crippen molar-refractivity contribution < 1.29 is 4.79 Å². The van der Waals surface area contributed by atoms with E-state index in [1.165, 1.54) is 0 Å². The molecule has 0 spiro atoms. The summed E-state index contributed by atoms with van der Waals surface area (Å²) in [5.41, 5.74) is 0. The molecule has 3 heteroatoms. The molecule has 2 N–H and O–H groups in total. The molecule has 0 saturated heterocycles. The average molecular weight is 144 g/mol. The standard InChI is InChI=1S/C7H16N2O/c1-3-9-7(10)5-4-6-8-2/h8H,3-6H2,1-2H3,(H,9,10). The van der Waals surface area contributed by atoms with E-state index in [4.69, 9.17) is 0 Å². The first-order valence-corrected chi connectivity index (χ1v) is 3.72. The minimum absolute atomic E-state index is 0.151. The van der Waals surface area contributed by atoms with Crippen LogP contribution in [0.2, 0.25) is 0 Å².